The molecule has 7 heteroatoms. The summed E-state index contributed by atoms with van der Waals surface area (Å²) in [7, 11) is 4.63. The van der Waals surface area contributed by atoms with Crippen LogP contribution in [0.5, 0.6) is 17.2 Å². The van der Waals surface area contributed by atoms with E-state index in [1.807, 2.05) is 13.0 Å². The molecule has 2 aliphatic rings. The maximum Gasteiger partial charge on any atom is 0.336 e. The number of methoxy groups -OCH3 is 3. The average Bonchev–Trinajstić information content (AvgIpc) is 2.79. The van der Waals surface area contributed by atoms with Crippen molar-refractivity contribution in [1.29, 1.82) is 0 Å². The highest BCUT2D eigenvalue weighted by Gasteiger charge is 2.41. The molecule has 1 aliphatic carbocycles. The van der Waals surface area contributed by atoms with Gasteiger partial charge in [-0.05, 0) is 32.3 Å². The number of rotatable bonds is 9. The van der Waals surface area contributed by atoms with Gasteiger partial charge in [0.15, 0.2) is 17.3 Å². The van der Waals surface area contributed by atoms with Crippen LogP contribution in [0.25, 0.3) is 0 Å². The lowest BCUT2D eigenvalue weighted by atomic mass is 9.75. The molecule has 0 radical (unpaired) electrons. The van der Waals surface area contributed by atoms with Crippen LogP contribution in [0, 0.1) is 0 Å². The van der Waals surface area contributed by atoms with Gasteiger partial charge in [0.25, 0.3) is 0 Å². The van der Waals surface area contributed by atoms with Crippen molar-refractivity contribution in [2.75, 3.05) is 27.9 Å². The first kappa shape index (κ1) is 23.7. The van der Waals surface area contributed by atoms with E-state index in [1.54, 1.807) is 20.3 Å². The van der Waals surface area contributed by atoms with Crippen LogP contribution in [0.15, 0.2) is 34.7 Å². The van der Waals surface area contributed by atoms with E-state index in [0.29, 0.717) is 52.7 Å². The number of hydrogen-bond donors (Lipinski definition) is 1. The molecule has 174 valence electrons. The molecule has 1 heterocycles. The first-order valence-electron chi connectivity index (χ1n) is 11.2. The summed E-state index contributed by atoms with van der Waals surface area (Å²) in [4.78, 5) is 26.4. The molecule has 0 saturated heterocycles. The summed E-state index contributed by atoms with van der Waals surface area (Å²) in [6.07, 6.45) is 4.82. The molecule has 1 atom stereocenters. The average molecular weight is 444 g/mol. The van der Waals surface area contributed by atoms with Gasteiger partial charge in [0, 0.05) is 29.0 Å². The number of ketones is 1. The Kier molecular flexibility index (Phi) is 7.83. The number of ether oxygens (including phenoxy) is 4. The third-order valence-corrected chi connectivity index (χ3v) is 6.02. The van der Waals surface area contributed by atoms with Gasteiger partial charge in [-0.1, -0.05) is 25.8 Å². The normalized spacial score (nSPS) is 18.2. The van der Waals surface area contributed by atoms with E-state index in [-0.39, 0.29) is 5.78 Å². The van der Waals surface area contributed by atoms with Crippen LogP contribution in [0.4, 0.5) is 0 Å². The first-order chi connectivity index (χ1) is 15.5. The van der Waals surface area contributed by atoms with Gasteiger partial charge in [0.05, 0.1) is 39.4 Å². The van der Waals surface area contributed by atoms with Crippen LogP contribution in [0.2, 0.25) is 0 Å². The van der Waals surface area contributed by atoms with E-state index in [4.69, 9.17) is 18.9 Å². The molecule has 1 N–H and O–H groups in total. The third kappa shape index (κ3) is 4.47. The number of allylic oxidation sites excluding steroid dienone is 3. The fourth-order valence-electron chi connectivity index (χ4n) is 4.51. The highest BCUT2D eigenvalue weighted by Crippen LogP contribution is 2.50. The molecule has 32 heavy (non-hydrogen) atoms. The summed E-state index contributed by atoms with van der Waals surface area (Å²) in [6.45, 7) is 4.30. The van der Waals surface area contributed by atoms with Crippen molar-refractivity contribution in [3.63, 3.8) is 0 Å². The number of hydrogen-bond acceptors (Lipinski definition) is 7. The number of benzene rings is 1. The largest absolute Gasteiger partial charge is 0.493 e. The number of carbonyl (C=O) groups is 2. The fraction of sp³-hybridized carbons (Fsp3) is 0.520. The molecule has 1 aliphatic heterocycles. The second-order valence-electron chi connectivity index (χ2n) is 8.03. The van der Waals surface area contributed by atoms with E-state index in [1.165, 1.54) is 7.11 Å². The molecule has 0 fully saturated rings. The van der Waals surface area contributed by atoms with E-state index in [2.05, 4.69) is 12.2 Å². The van der Waals surface area contributed by atoms with Crippen molar-refractivity contribution in [1.82, 2.24) is 5.32 Å². The fourth-order valence-corrected chi connectivity index (χ4v) is 4.51. The zero-order valence-corrected chi connectivity index (χ0v) is 19.6. The highest BCUT2D eigenvalue weighted by molar-refractivity contribution is 6.04. The summed E-state index contributed by atoms with van der Waals surface area (Å²) in [6, 6.07) is 3.60. The van der Waals surface area contributed by atoms with Crippen LogP contribution < -0.4 is 19.5 Å². The van der Waals surface area contributed by atoms with Crippen molar-refractivity contribution in [2.45, 2.75) is 58.3 Å². The summed E-state index contributed by atoms with van der Waals surface area (Å²) < 4.78 is 22.3. The Labute approximate surface area is 189 Å². The summed E-state index contributed by atoms with van der Waals surface area (Å²) in [5.74, 6) is 0.378. The molecule has 7 nitrogen and oxygen atoms in total. The number of esters is 1. The predicted octanol–water partition coefficient (Wildman–Crippen LogP) is 4.41. The van der Waals surface area contributed by atoms with Gasteiger partial charge >= 0.3 is 5.97 Å². The Morgan fingerprint density at radius 2 is 1.81 bits per heavy atom. The topological polar surface area (TPSA) is 83.1 Å². The zero-order chi connectivity index (χ0) is 23.3. The Hall–Kier alpha value is -2.96. The van der Waals surface area contributed by atoms with E-state index in [0.717, 1.165) is 37.8 Å². The highest BCUT2D eigenvalue weighted by atomic mass is 16.5. The molecule has 3 rings (SSSR count). The second-order valence-corrected chi connectivity index (χ2v) is 8.03. The summed E-state index contributed by atoms with van der Waals surface area (Å²) in [5, 5.41) is 3.31. The molecule has 0 saturated carbocycles. The zero-order valence-electron chi connectivity index (χ0n) is 19.6. The molecule has 0 bridgehead atoms. The molecule has 0 unspecified atom stereocenters. The maximum absolute atomic E-state index is 13.3. The lowest BCUT2D eigenvalue weighted by Gasteiger charge is -2.35. The van der Waals surface area contributed by atoms with E-state index in [9.17, 15) is 9.59 Å². The Bertz CT molecular complexity index is 946. The van der Waals surface area contributed by atoms with E-state index >= 15 is 0 Å². The second kappa shape index (κ2) is 10.6. The number of dihydropyridines is 1. The minimum absolute atomic E-state index is 0.0318. The molecule has 0 amide bonds. The number of unbranched alkanes of at least 4 members (excludes halogenated alkanes) is 2. The molecular formula is C25H33NO6. The van der Waals surface area contributed by atoms with Gasteiger partial charge in [-0.3, -0.25) is 4.79 Å². The Morgan fingerprint density at radius 1 is 1.06 bits per heavy atom. The number of carbonyl (C=O) groups excluding carboxylic acids is 2. The summed E-state index contributed by atoms with van der Waals surface area (Å²) in [5.41, 5.74) is 3.27. The van der Waals surface area contributed by atoms with Gasteiger partial charge in [-0.15, -0.1) is 0 Å². The first-order valence-corrected chi connectivity index (χ1v) is 11.2. The number of Topliss-reactive ketones (excluding diaryl/α,β-unsaturated/α-hetero) is 1. The predicted molar refractivity (Wildman–Crippen MR) is 121 cm³/mol. The van der Waals surface area contributed by atoms with Crippen molar-refractivity contribution in [3.8, 4) is 17.2 Å². The van der Waals surface area contributed by atoms with Crippen LogP contribution in [-0.4, -0.2) is 39.7 Å². The SMILES string of the molecule is CCCCCOC(=O)C1=C(C)NC2=C(C(=O)CCC2)[C@@H]1c1ccc(OC)c(OC)c1OC. The monoisotopic (exact) mass is 443 g/mol. The van der Waals surface area contributed by atoms with Crippen LogP contribution >= 0.6 is 0 Å². The molecular weight excluding hydrogens is 410 g/mol. The lowest BCUT2D eigenvalue weighted by Crippen LogP contribution is -2.34. The molecule has 1 aromatic rings. The minimum Gasteiger partial charge on any atom is -0.493 e. The molecule has 0 aromatic heterocycles. The lowest BCUT2D eigenvalue weighted by molar-refractivity contribution is -0.139. The van der Waals surface area contributed by atoms with Crippen LogP contribution in [0.3, 0.4) is 0 Å². The smallest absolute Gasteiger partial charge is 0.336 e. The maximum atomic E-state index is 13.3. The molecule has 1 aromatic carbocycles. The van der Waals surface area contributed by atoms with Crippen molar-refractivity contribution in [3.05, 3.63) is 40.2 Å². The molecule has 0 spiro atoms. The van der Waals surface area contributed by atoms with Gasteiger partial charge < -0.3 is 24.3 Å². The summed E-state index contributed by atoms with van der Waals surface area (Å²) >= 11 is 0. The van der Waals surface area contributed by atoms with Gasteiger partial charge in [0.1, 0.15) is 0 Å². The Morgan fingerprint density at radius 3 is 2.47 bits per heavy atom. The van der Waals surface area contributed by atoms with Gasteiger partial charge in [-0.2, -0.15) is 0 Å². The van der Waals surface area contributed by atoms with E-state index < -0.39 is 11.9 Å². The quantitative estimate of drug-likeness (QED) is 0.447. The van der Waals surface area contributed by atoms with Crippen molar-refractivity contribution >= 4 is 11.8 Å². The van der Waals surface area contributed by atoms with Gasteiger partial charge in [0.2, 0.25) is 5.75 Å². The third-order valence-electron chi connectivity index (χ3n) is 6.02. The van der Waals surface area contributed by atoms with Crippen molar-refractivity contribution < 1.29 is 28.5 Å². The standard InChI is InChI=1S/C25H33NO6/c1-6-7-8-14-32-25(28)20-15(2)26-17-10-9-11-18(27)22(17)21(20)16-12-13-19(29-3)24(31-5)23(16)30-4/h12-13,21,26H,6-11,14H2,1-5H3/t21-/m1/s1. The minimum atomic E-state index is -0.604. The van der Waals surface area contributed by atoms with Gasteiger partial charge in [-0.25, -0.2) is 4.79 Å². The number of nitrogens with one attached hydrogen (secondary N) is 1. The Balaban J connectivity index is 2.14. The van der Waals surface area contributed by atoms with Crippen LogP contribution in [0.1, 0.15) is 63.9 Å². The van der Waals surface area contributed by atoms with Crippen LogP contribution in [-0.2, 0) is 14.3 Å². The van der Waals surface area contributed by atoms with Crippen molar-refractivity contribution in [2.24, 2.45) is 0 Å².